The molecule has 156 valence electrons. The number of carbonyl (C=O) groups is 2. The molecule has 0 unspecified atom stereocenters. The van der Waals surface area contributed by atoms with Crippen molar-refractivity contribution in [3.8, 4) is 0 Å². The number of nitrogens with zero attached hydrogens (tertiary/aromatic N) is 1. The smallest absolute Gasteiger partial charge is 0.412 e. The highest BCUT2D eigenvalue weighted by molar-refractivity contribution is 6.13. The van der Waals surface area contributed by atoms with Crippen molar-refractivity contribution in [2.45, 2.75) is 26.4 Å². The van der Waals surface area contributed by atoms with E-state index in [9.17, 15) is 18.8 Å². The number of aromatic nitrogens is 1. The highest BCUT2D eigenvalue weighted by atomic mass is 19.1. The highest BCUT2D eigenvalue weighted by Gasteiger charge is 2.19. The minimum absolute atomic E-state index is 0.0376. The summed E-state index contributed by atoms with van der Waals surface area (Å²) in [5, 5.41) is 5.64. The Kier molecular flexibility index (Phi) is 5.60. The Morgan fingerprint density at radius 3 is 2.40 bits per heavy atom. The number of hydrogen-bond acceptors (Lipinski definition) is 4. The molecule has 7 nitrogen and oxygen atoms in total. The summed E-state index contributed by atoms with van der Waals surface area (Å²) in [6, 6.07) is 11.7. The lowest BCUT2D eigenvalue weighted by Gasteiger charge is -2.20. The van der Waals surface area contributed by atoms with Gasteiger partial charge in [0.25, 0.3) is 11.5 Å². The van der Waals surface area contributed by atoms with Gasteiger partial charge in [-0.15, -0.1) is 0 Å². The molecule has 0 radical (unpaired) electrons. The molecule has 1 heterocycles. The molecular weight excluding hydrogens is 389 g/mol. The normalized spacial score (nSPS) is 11.2. The Hall–Kier alpha value is -3.68. The molecule has 0 spiro atoms. The molecule has 8 heteroatoms. The van der Waals surface area contributed by atoms with Crippen molar-refractivity contribution < 1.29 is 18.7 Å². The van der Waals surface area contributed by atoms with Gasteiger partial charge in [-0.05, 0) is 45.0 Å². The van der Waals surface area contributed by atoms with Crippen LogP contribution in [0.3, 0.4) is 0 Å². The summed E-state index contributed by atoms with van der Waals surface area (Å²) >= 11 is 0. The van der Waals surface area contributed by atoms with Crippen molar-refractivity contribution in [1.29, 1.82) is 0 Å². The molecule has 2 aromatic carbocycles. The zero-order valence-corrected chi connectivity index (χ0v) is 17.1. The average molecular weight is 411 g/mol. The summed E-state index contributed by atoms with van der Waals surface area (Å²) in [6.45, 7) is 5.13. The van der Waals surface area contributed by atoms with E-state index < -0.39 is 23.4 Å². The van der Waals surface area contributed by atoms with Gasteiger partial charge in [-0.1, -0.05) is 18.2 Å². The van der Waals surface area contributed by atoms with Crippen molar-refractivity contribution in [3.63, 3.8) is 0 Å². The second kappa shape index (κ2) is 7.98. The molecule has 0 aliphatic heterocycles. The van der Waals surface area contributed by atoms with Crippen molar-refractivity contribution >= 4 is 34.3 Å². The third-order valence-electron chi connectivity index (χ3n) is 4.26. The minimum Gasteiger partial charge on any atom is -0.444 e. The van der Waals surface area contributed by atoms with E-state index in [-0.39, 0.29) is 22.5 Å². The number of pyridine rings is 1. The van der Waals surface area contributed by atoms with Gasteiger partial charge in [-0.3, -0.25) is 14.9 Å². The zero-order chi connectivity index (χ0) is 22.1. The molecule has 0 atom stereocenters. The number of fused-ring (bicyclic) bond motifs is 1. The maximum atomic E-state index is 13.8. The molecule has 0 aliphatic carbocycles. The second-order valence-corrected chi connectivity index (χ2v) is 7.74. The first-order valence-corrected chi connectivity index (χ1v) is 9.25. The molecule has 0 fully saturated rings. The van der Waals surface area contributed by atoms with Crippen LogP contribution in [0, 0.1) is 5.82 Å². The van der Waals surface area contributed by atoms with Gasteiger partial charge >= 0.3 is 6.09 Å². The van der Waals surface area contributed by atoms with Crippen LogP contribution in [0.4, 0.5) is 20.6 Å². The summed E-state index contributed by atoms with van der Waals surface area (Å²) in [7, 11) is 1.61. The number of benzene rings is 2. The first kappa shape index (κ1) is 21.0. The molecule has 0 bridgehead atoms. The van der Waals surface area contributed by atoms with Crippen molar-refractivity contribution in [2.75, 3.05) is 10.6 Å². The Morgan fingerprint density at radius 1 is 1.00 bits per heavy atom. The number of amides is 2. The van der Waals surface area contributed by atoms with Crippen LogP contribution in [0.15, 0.2) is 53.3 Å². The summed E-state index contributed by atoms with van der Waals surface area (Å²) in [5.74, 6) is -1.21. The molecule has 2 amide bonds. The fourth-order valence-electron chi connectivity index (χ4n) is 2.93. The van der Waals surface area contributed by atoms with Gasteiger partial charge in [0, 0.05) is 18.5 Å². The first-order valence-electron chi connectivity index (χ1n) is 9.25. The van der Waals surface area contributed by atoms with Crippen LogP contribution in [-0.2, 0) is 11.8 Å². The molecule has 0 aliphatic rings. The van der Waals surface area contributed by atoms with Crippen LogP contribution in [0.1, 0.15) is 31.1 Å². The van der Waals surface area contributed by atoms with Gasteiger partial charge in [0.05, 0.1) is 22.5 Å². The predicted molar refractivity (Wildman–Crippen MR) is 113 cm³/mol. The summed E-state index contributed by atoms with van der Waals surface area (Å²) in [4.78, 5) is 37.3. The second-order valence-electron chi connectivity index (χ2n) is 7.74. The molecule has 3 rings (SSSR count). The fourth-order valence-corrected chi connectivity index (χ4v) is 2.93. The van der Waals surface area contributed by atoms with Gasteiger partial charge < -0.3 is 14.6 Å². The van der Waals surface area contributed by atoms with Crippen LogP contribution < -0.4 is 16.2 Å². The van der Waals surface area contributed by atoms with Crippen molar-refractivity contribution in [3.05, 3.63) is 70.3 Å². The maximum absolute atomic E-state index is 13.8. The Morgan fingerprint density at radius 2 is 1.70 bits per heavy atom. The Bertz CT molecular complexity index is 1200. The minimum atomic E-state index is -0.747. The van der Waals surface area contributed by atoms with Gasteiger partial charge in [0.1, 0.15) is 11.4 Å². The molecule has 2 N–H and O–H groups in total. The third-order valence-corrected chi connectivity index (χ3v) is 4.26. The van der Waals surface area contributed by atoms with E-state index in [0.29, 0.717) is 10.9 Å². The Balaban J connectivity index is 1.96. The monoisotopic (exact) mass is 411 g/mol. The molecule has 0 saturated heterocycles. The van der Waals surface area contributed by atoms with Gasteiger partial charge in [-0.2, -0.15) is 0 Å². The topological polar surface area (TPSA) is 89.4 Å². The summed E-state index contributed by atoms with van der Waals surface area (Å²) < 4.78 is 20.5. The zero-order valence-electron chi connectivity index (χ0n) is 17.1. The van der Waals surface area contributed by atoms with E-state index in [1.165, 1.54) is 16.7 Å². The number of para-hydroxylation sites is 1. The molecule has 0 saturated carbocycles. The average Bonchev–Trinajstić information content (AvgIpc) is 2.65. The van der Waals surface area contributed by atoms with Crippen LogP contribution in [0.2, 0.25) is 0 Å². The molecule has 1 aromatic heterocycles. The lowest BCUT2D eigenvalue weighted by molar-refractivity contribution is 0.0635. The van der Waals surface area contributed by atoms with Crippen molar-refractivity contribution in [2.24, 2.45) is 7.05 Å². The van der Waals surface area contributed by atoms with Gasteiger partial charge in [-0.25, -0.2) is 9.18 Å². The van der Waals surface area contributed by atoms with Crippen LogP contribution in [0.25, 0.3) is 10.9 Å². The van der Waals surface area contributed by atoms with E-state index >= 15 is 0 Å². The van der Waals surface area contributed by atoms with Crippen LogP contribution in [0.5, 0.6) is 0 Å². The quantitative estimate of drug-likeness (QED) is 0.673. The number of anilines is 2. The summed E-state index contributed by atoms with van der Waals surface area (Å²) in [6.07, 6.45) is -0.747. The first-order chi connectivity index (χ1) is 14.0. The number of halogens is 1. The highest BCUT2D eigenvalue weighted by Crippen LogP contribution is 2.25. The standard InChI is InChI=1S/C22H22FN3O4/c1-22(2,3)30-21(29)25-16-10-9-13(23)11-17(16)24-20(28)15-12-19(27)26(4)18-8-6-5-7-14(15)18/h5-12H,1-4H3,(H,24,28)(H,25,29). The van der Waals surface area contributed by atoms with Gasteiger partial charge in [0.2, 0.25) is 0 Å². The number of nitrogens with one attached hydrogen (secondary N) is 2. The van der Waals surface area contributed by atoms with E-state index in [1.54, 1.807) is 52.1 Å². The third kappa shape index (κ3) is 4.65. The molecule has 30 heavy (non-hydrogen) atoms. The fraction of sp³-hybridized carbons (Fsp3) is 0.227. The predicted octanol–water partition coefficient (Wildman–Crippen LogP) is 4.28. The van der Waals surface area contributed by atoms with E-state index in [0.717, 1.165) is 12.1 Å². The van der Waals surface area contributed by atoms with E-state index in [4.69, 9.17) is 4.74 Å². The lowest BCUT2D eigenvalue weighted by Crippen LogP contribution is -2.27. The van der Waals surface area contributed by atoms with Gasteiger partial charge in [0.15, 0.2) is 0 Å². The lowest BCUT2D eigenvalue weighted by atomic mass is 10.1. The molecular formula is C22H22FN3O4. The number of rotatable bonds is 3. The van der Waals surface area contributed by atoms with E-state index in [1.807, 2.05) is 0 Å². The van der Waals surface area contributed by atoms with Crippen LogP contribution in [-0.4, -0.2) is 22.2 Å². The van der Waals surface area contributed by atoms with Crippen molar-refractivity contribution in [1.82, 2.24) is 4.57 Å². The number of ether oxygens (including phenoxy) is 1. The number of hydrogen-bond donors (Lipinski definition) is 2. The maximum Gasteiger partial charge on any atom is 0.412 e. The Labute approximate surface area is 172 Å². The summed E-state index contributed by atoms with van der Waals surface area (Å²) in [5.41, 5.74) is -0.160. The molecule has 3 aromatic rings. The van der Waals surface area contributed by atoms with Crippen LogP contribution >= 0.6 is 0 Å². The van der Waals surface area contributed by atoms with E-state index in [2.05, 4.69) is 10.6 Å². The largest absolute Gasteiger partial charge is 0.444 e. The number of carbonyl (C=O) groups excluding carboxylic acids is 2. The number of aryl methyl sites for hydroxylation is 1. The SMILES string of the molecule is Cn1c(=O)cc(C(=O)Nc2cc(F)ccc2NC(=O)OC(C)(C)C)c2ccccc21.